The van der Waals surface area contributed by atoms with Crippen LogP contribution in [0.15, 0.2) is 42.5 Å². The molecule has 0 spiro atoms. The Morgan fingerprint density at radius 1 is 1.00 bits per heavy atom. The van der Waals surface area contributed by atoms with Crippen molar-refractivity contribution in [2.75, 3.05) is 6.61 Å². The van der Waals surface area contributed by atoms with Crippen LogP contribution in [0.3, 0.4) is 0 Å². The van der Waals surface area contributed by atoms with Gasteiger partial charge in [-0.15, -0.1) is 0 Å². The van der Waals surface area contributed by atoms with Crippen LogP contribution in [0.5, 0.6) is 5.75 Å². The minimum Gasteiger partial charge on any atom is -0.493 e. The van der Waals surface area contributed by atoms with E-state index in [1.807, 2.05) is 6.92 Å². The lowest BCUT2D eigenvalue weighted by Crippen LogP contribution is -2.04. The van der Waals surface area contributed by atoms with Gasteiger partial charge in [0.2, 0.25) is 0 Å². The summed E-state index contributed by atoms with van der Waals surface area (Å²) in [6.45, 7) is 2.38. The molecule has 2 N–H and O–H groups in total. The Hall–Kier alpha value is -2.82. The summed E-state index contributed by atoms with van der Waals surface area (Å²) >= 11 is 0. The Kier molecular flexibility index (Phi) is 4.78. The zero-order valence-electron chi connectivity index (χ0n) is 12.1. The molecule has 0 saturated heterocycles. The van der Waals surface area contributed by atoms with E-state index in [9.17, 15) is 14.7 Å². The molecule has 0 radical (unpaired) electrons. The molecular formula is C17H16O5. The van der Waals surface area contributed by atoms with Gasteiger partial charge in [0.1, 0.15) is 11.3 Å². The molecule has 0 saturated carbocycles. The van der Waals surface area contributed by atoms with Gasteiger partial charge in [-0.3, -0.25) is 0 Å². The third kappa shape index (κ3) is 3.44. The predicted octanol–water partition coefficient (Wildman–Crippen LogP) is 3.54. The molecule has 22 heavy (non-hydrogen) atoms. The van der Waals surface area contributed by atoms with E-state index in [-0.39, 0.29) is 11.1 Å². The van der Waals surface area contributed by atoms with Gasteiger partial charge >= 0.3 is 11.9 Å². The first-order valence-corrected chi connectivity index (χ1v) is 6.86. The monoisotopic (exact) mass is 300 g/mol. The van der Waals surface area contributed by atoms with Gasteiger partial charge in [-0.1, -0.05) is 25.1 Å². The van der Waals surface area contributed by atoms with E-state index >= 15 is 0 Å². The molecule has 2 rings (SSSR count). The Morgan fingerprint density at radius 3 is 2.36 bits per heavy atom. The van der Waals surface area contributed by atoms with Gasteiger partial charge in [0, 0.05) is 0 Å². The fraction of sp³-hybridized carbons (Fsp3) is 0.176. The Balaban J connectivity index is 2.44. The summed E-state index contributed by atoms with van der Waals surface area (Å²) in [5.74, 6) is -1.79. The van der Waals surface area contributed by atoms with Gasteiger partial charge in [0.05, 0.1) is 12.2 Å². The van der Waals surface area contributed by atoms with Crippen molar-refractivity contribution in [2.45, 2.75) is 13.3 Å². The first-order chi connectivity index (χ1) is 10.5. The first kappa shape index (κ1) is 15.6. The normalized spacial score (nSPS) is 10.2. The molecule has 0 fully saturated rings. The standard InChI is InChI=1S/C17H16O5/c1-2-8-22-15-7-6-12(10-14(15)17(20)21)11-4-3-5-13(9-11)16(18)19/h3-7,9-10H,2,8H2,1H3,(H,18,19)(H,20,21). The second-order valence-electron chi connectivity index (χ2n) is 4.75. The average Bonchev–Trinajstić information content (AvgIpc) is 2.52. The van der Waals surface area contributed by atoms with Crippen LogP contribution in [0.25, 0.3) is 11.1 Å². The molecule has 0 heterocycles. The van der Waals surface area contributed by atoms with Crippen LogP contribution in [0, 0.1) is 0 Å². The summed E-state index contributed by atoms with van der Waals surface area (Å²) in [6, 6.07) is 11.2. The number of hydrogen-bond acceptors (Lipinski definition) is 3. The molecule has 114 valence electrons. The maximum Gasteiger partial charge on any atom is 0.339 e. The minimum atomic E-state index is -1.08. The smallest absolute Gasteiger partial charge is 0.339 e. The van der Waals surface area contributed by atoms with Crippen molar-refractivity contribution in [1.29, 1.82) is 0 Å². The van der Waals surface area contributed by atoms with Crippen LogP contribution in [-0.4, -0.2) is 28.8 Å². The van der Waals surface area contributed by atoms with Crippen LogP contribution >= 0.6 is 0 Å². The summed E-state index contributed by atoms with van der Waals surface area (Å²) in [5.41, 5.74) is 1.49. The van der Waals surface area contributed by atoms with E-state index in [0.717, 1.165) is 6.42 Å². The number of aromatic carboxylic acids is 2. The second-order valence-corrected chi connectivity index (χ2v) is 4.75. The molecule has 5 heteroatoms. The molecule has 2 aromatic carbocycles. The summed E-state index contributed by atoms with van der Waals surface area (Å²) in [7, 11) is 0. The highest BCUT2D eigenvalue weighted by atomic mass is 16.5. The van der Waals surface area contributed by atoms with Gasteiger partial charge in [0.25, 0.3) is 0 Å². The SMILES string of the molecule is CCCOc1ccc(-c2cccc(C(=O)O)c2)cc1C(=O)O. The van der Waals surface area contributed by atoms with Crippen LogP contribution in [0.2, 0.25) is 0 Å². The fourth-order valence-corrected chi connectivity index (χ4v) is 2.05. The van der Waals surface area contributed by atoms with E-state index in [1.54, 1.807) is 24.3 Å². The summed E-state index contributed by atoms with van der Waals surface area (Å²) in [5, 5.41) is 18.3. The molecular weight excluding hydrogens is 284 g/mol. The maximum absolute atomic E-state index is 11.4. The Bertz CT molecular complexity index is 706. The molecule has 0 aliphatic heterocycles. The molecule has 0 bridgehead atoms. The van der Waals surface area contributed by atoms with E-state index in [0.29, 0.717) is 23.5 Å². The van der Waals surface area contributed by atoms with Crippen molar-refractivity contribution in [3.63, 3.8) is 0 Å². The highest BCUT2D eigenvalue weighted by molar-refractivity contribution is 5.93. The maximum atomic E-state index is 11.4. The van der Waals surface area contributed by atoms with Crippen molar-refractivity contribution in [3.05, 3.63) is 53.6 Å². The molecule has 0 amide bonds. The number of carboxylic acid groups (broad SMARTS) is 2. The van der Waals surface area contributed by atoms with Gasteiger partial charge in [-0.25, -0.2) is 9.59 Å². The lowest BCUT2D eigenvalue weighted by atomic mass is 10.0. The average molecular weight is 300 g/mol. The lowest BCUT2D eigenvalue weighted by Gasteiger charge is -2.10. The third-order valence-corrected chi connectivity index (χ3v) is 3.11. The van der Waals surface area contributed by atoms with Crippen LogP contribution in [-0.2, 0) is 0 Å². The predicted molar refractivity (Wildman–Crippen MR) is 81.6 cm³/mol. The van der Waals surface area contributed by atoms with Gasteiger partial charge in [-0.05, 0) is 41.8 Å². The molecule has 0 atom stereocenters. The topological polar surface area (TPSA) is 83.8 Å². The second kappa shape index (κ2) is 6.76. The number of rotatable bonds is 6. The Morgan fingerprint density at radius 2 is 1.73 bits per heavy atom. The summed E-state index contributed by atoms with van der Waals surface area (Å²) < 4.78 is 5.43. The molecule has 2 aromatic rings. The van der Waals surface area contributed by atoms with E-state index in [1.165, 1.54) is 18.2 Å². The summed E-state index contributed by atoms with van der Waals surface area (Å²) in [6.07, 6.45) is 0.779. The number of carbonyl (C=O) groups is 2. The highest BCUT2D eigenvalue weighted by Crippen LogP contribution is 2.27. The highest BCUT2D eigenvalue weighted by Gasteiger charge is 2.13. The number of ether oxygens (including phenoxy) is 1. The molecule has 0 aliphatic rings. The van der Waals surface area contributed by atoms with E-state index in [4.69, 9.17) is 9.84 Å². The first-order valence-electron chi connectivity index (χ1n) is 6.86. The van der Waals surface area contributed by atoms with Crippen molar-refractivity contribution >= 4 is 11.9 Å². The molecule has 0 aliphatic carbocycles. The summed E-state index contributed by atoms with van der Waals surface area (Å²) in [4.78, 5) is 22.4. The number of benzene rings is 2. The van der Waals surface area contributed by atoms with Crippen LogP contribution in [0.1, 0.15) is 34.1 Å². The molecule has 0 aromatic heterocycles. The van der Waals surface area contributed by atoms with Crippen molar-refractivity contribution < 1.29 is 24.5 Å². The zero-order chi connectivity index (χ0) is 16.1. The van der Waals surface area contributed by atoms with Crippen molar-refractivity contribution in [1.82, 2.24) is 0 Å². The van der Waals surface area contributed by atoms with Gasteiger partial charge in [0.15, 0.2) is 0 Å². The number of carboxylic acids is 2. The minimum absolute atomic E-state index is 0.0617. The molecule has 5 nitrogen and oxygen atoms in total. The van der Waals surface area contributed by atoms with E-state index in [2.05, 4.69) is 0 Å². The number of hydrogen-bond donors (Lipinski definition) is 2. The van der Waals surface area contributed by atoms with E-state index < -0.39 is 11.9 Å². The van der Waals surface area contributed by atoms with Gasteiger partial charge in [-0.2, -0.15) is 0 Å². The van der Waals surface area contributed by atoms with Gasteiger partial charge < -0.3 is 14.9 Å². The zero-order valence-corrected chi connectivity index (χ0v) is 12.1. The quantitative estimate of drug-likeness (QED) is 0.852. The fourth-order valence-electron chi connectivity index (χ4n) is 2.05. The van der Waals surface area contributed by atoms with Crippen molar-refractivity contribution in [3.8, 4) is 16.9 Å². The van der Waals surface area contributed by atoms with Crippen molar-refractivity contribution in [2.24, 2.45) is 0 Å². The lowest BCUT2D eigenvalue weighted by molar-refractivity contribution is 0.0683. The largest absolute Gasteiger partial charge is 0.493 e. The Labute approximate surface area is 127 Å². The third-order valence-electron chi connectivity index (χ3n) is 3.11. The van der Waals surface area contributed by atoms with Crippen LogP contribution < -0.4 is 4.74 Å². The molecule has 0 unspecified atom stereocenters. The van der Waals surface area contributed by atoms with Crippen LogP contribution in [0.4, 0.5) is 0 Å².